The molecule has 1 aliphatic carbocycles. The molecule has 2 aliphatic rings. The molecule has 0 saturated heterocycles. The molecular formula is C29H33N3O3S. The molecule has 0 radical (unpaired) electrons. The molecule has 188 valence electrons. The first-order chi connectivity index (χ1) is 17.5. The monoisotopic (exact) mass is 503 g/mol. The fourth-order valence-electron chi connectivity index (χ4n) is 5.21. The lowest BCUT2D eigenvalue weighted by atomic mass is 9.92. The Balaban J connectivity index is 1.68. The van der Waals surface area contributed by atoms with Crippen molar-refractivity contribution in [2.24, 2.45) is 5.10 Å². The van der Waals surface area contributed by atoms with Crippen LogP contribution in [0.25, 0.3) is 0 Å². The maximum absolute atomic E-state index is 14.2. The predicted molar refractivity (Wildman–Crippen MR) is 142 cm³/mol. The lowest BCUT2D eigenvalue weighted by Gasteiger charge is -2.46. The molecule has 1 unspecified atom stereocenters. The Morgan fingerprint density at radius 2 is 1.53 bits per heavy atom. The highest BCUT2D eigenvalue weighted by atomic mass is 32.2. The molecule has 3 aromatic carbocycles. The Hall–Kier alpha value is -3.16. The van der Waals surface area contributed by atoms with Crippen LogP contribution < -0.4 is 4.74 Å². The molecular weight excluding hydrogens is 470 g/mol. The lowest BCUT2D eigenvalue weighted by molar-refractivity contribution is 0.0443. The summed E-state index contributed by atoms with van der Waals surface area (Å²) in [6.45, 7) is 2.54. The van der Waals surface area contributed by atoms with Gasteiger partial charge in [0.05, 0.1) is 17.7 Å². The summed E-state index contributed by atoms with van der Waals surface area (Å²) >= 11 is 0. The van der Waals surface area contributed by atoms with Crippen molar-refractivity contribution in [3.63, 3.8) is 0 Å². The Morgan fingerprint density at radius 3 is 2.17 bits per heavy atom. The van der Waals surface area contributed by atoms with Gasteiger partial charge in [-0.25, -0.2) is 0 Å². The second kappa shape index (κ2) is 10.4. The van der Waals surface area contributed by atoms with E-state index in [1.807, 2.05) is 73.7 Å². The molecule has 0 spiro atoms. The van der Waals surface area contributed by atoms with Crippen LogP contribution in [0.5, 0.6) is 5.75 Å². The highest BCUT2D eigenvalue weighted by Gasteiger charge is 2.42. The molecule has 0 N–H and O–H groups in total. The highest BCUT2D eigenvalue weighted by Crippen LogP contribution is 2.39. The molecule has 1 saturated carbocycles. The Morgan fingerprint density at radius 1 is 0.861 bits per heavy atom. The van der Waals surface area contributed by atoms with E-state index in [4.69, 9.17) is 9.84 Å². The summed E-state index contributed by atoms with van der Waals surface area (Å²) in [5.74, 6) is 0.736. The molecule has 1 atom stereocenters. The van der Waals surface area contributed by atoms with Gasteiger partial charge in [-0.3, -0.25) is 4.90 Å². The molecule has 3 aromatic rings. The van der Waals surface area contributed by atoms with E-state index >= 15 is 0 Å². The topological polar surface area (TPSA) is 62.2 Å². The van der Waals surface area contributed by atoms with Gasteiger partial charge in [0.25, 0.3) is 10.0 Å². The van der Waals surface area contributed by atoms with Gasteiger partial charge in [-0.2, -0.15) is 17.9 Å². The second-order valence-electron chi connectivity index (χ2n) is 9.61. The number of hydrazone groups is 1. The van der Waals surface area contributed by atoms with Crippen LogP contribution in [0.4, 0.5) is 0 Å². The number of ether oxygens (including phenoxy) is 1. The first kappa shape index (κ1) is 24.5. The second-order valence-corrected chi connectivity index (χ2v) is 11.4. The first-order valence-corrected chi connectivity index (χ1v) is 14.0. The van der Waals surface area contributed by atoms with Gasteiger partial charge < -0.3 is 4.74 Å². The van der Waals surface area contributed by atoms with Gasteiger partial charge in [0.1, 0.15) is 11.9 Å². The third-order valence-electron chi connectivity index (χ3n) is 7.20. The van der Waals surface area contributed by atoms with Crippen LogP contribution in [0.15, 0.2) is 88.9 Å². The van der Waals surface area contributed by atoms with E-state index < -0.39 is 16.2 Å². The van der Waals surface area contributed by atoms with Gasteiger partial charge in [0.2, 0.25) is 0 Å². The minimum Gasteiger partial charge on any atom is -0.497 e. The number of aryl methyl sites for hydroxylation is 1. The van der Waals surface area contributed by atoms with Gasteiger partial charge in [0, 0.05) is 12.6 Å². The van der Waals surface area contributed by atoms with Gasteiger partial charge in [0.15, 0.2) is 0 Å². The van der Waals surface area contributed by atoms with E-state index in [2.05, 4.69) is 4.90 Å². The number of benzene rings is 3. The molecule has 0 aromatic heterocycles. The quantitative estimate of drug-likeness (QED) is 0.430. The van der Waals surface area contributed by atoms with E-state index in [-0.39, 0.29) is 10.9 Å². The van der Waals surface area contributed by atoms with Crippen molar-refractivity contribution in [2.45, 2.75) is 56.1 Å². The SMILES string of the molecule is COc1ccc(C2N(C3CCCCC3)CC(c3ccccc3)=NN2S(=O)(=O)c2ccc(C)cc2)cc1. The minimum atomic E-state index is -3.93. The largest absolute Gasteiger partial charge is 0.497 e. The van der Waals surface area contributed by atoms with Gasteiger partial charge in [-0.05, 0) is 55.2 Å². The number of methoxy groups -OCH3 is 1. The maximum atomic E-state index is 14.2. The zero-order valence-electron chi connectivity index (χ0n) is 20.9. The van der Waals surface area contributed by atoms with Crippen LogP contribution in [0.3, 0.4) is 0 Å². The normalized spacial score (nSPS) is 19.7. The van der Waals surface area contributed by atoms with E-state index in [0.717, 1.165) is 53.8 Å². The summed E-state index contributed by atoms with van der Waals surface area (Å²) in [7, 11) is -2.30. The maximum Gasteiger partial charge on any atom is 0.280 e. The fraction of sp³-hybridized carbons (Fsp3) is 0.345. The molecule has 0 bridgehead atoms. The number of hydrogen-bond acceptors (Lipinski definition) is 5. The highest BCUT2D eigenvalue weighted by molar-refractivity contribution is 7.89. The van der Waals surface area contributed by atoms with Gasteiger partial charge >= 0.3 is 0 Å². The average Bonchev–Trinajstić information content (AvgIpc) is 2.93. The Labute approximate surface area is 214 Å². The van der Waals surface area contributed by atoms with Gasteiger partial charge in [-0.1, -0.05) is 79.4 Å². The van der Waals surface area contributed by atoms with E-state index in [9.17, 15) is 8.42 Å². The van der Waals surface area contributed by atoms with Crippen molar-refractivity contribution in [1.82, 2.24) is 9.31 Å². The summed E-state index contributed by atoms with van der Waals surface area (Å²) in [5.41, 5.74) is 3.60. The first-order valence-electron chi connectivity index (χ1n) is 12.6. The van der Waals surface area contributed by atoms with Crippen molar-refractivity contribution in [2.75, 3.05) is 13.7 Å². The van der Waals surface area contributed by atoms with Crippen LogP contribution in [0, 0.1) is 6.92 Å². The number of rotatable bonds is 6. The summed E-state index contributed by atoms with van der Waals surface area (Å²) in [5, 5.41) is 4.86. The Kier molecular flexibility index (Phi) is 7.12. The van der Waals surface area contributed by atoms with Crippen LogP contribution in [0.1, 0.15) is 55.0 Å². The molecule has 1 heterocycles. The van der Waals surface area contributed by atoms with Crippen molar-refractivity contribution < 1.29 is 13.2 Å². The molecule has 1 fully saturated rings. The van der Waals surface area contributed by atoms with Crippen molar-refractivity contribution in [3.8, 4) is 5.75 Å². The predicted octanol–water partition coefficient (Wildman–Crippen LogP) is 5.75. The number of hydrogen-bond donors (Lipinski definition) is 0. The van der Waals surface area contributed by atoms with Crippen LogP contribution in [0.2, 0.25) is 0 Å². The summed E-state index contributed by atoms with van der Waals surface area (Å²) in [6, 6.07) is 24.9. The minimum absolute atomic E-state index is 0.244. The molecule has 0 amide bonds. The zero-order chi connectivity index (χ0) is 25.1. The third kappa shape index (κ3) is 4.90. The smallest absolute Gasteiger partial charge is 0.280 e. The fourth-order valence-corrected chi connectivity index (χ4v) is 6.62. The van der Waals surface area contributed by atoms with Crippen LogP contribution in [-0.4, -0.2) is 43.1 Å². The van der Waals surface area contributed by atoms with E-state index in [1.54, 1.807) is 19.2 Å². The molecule has 1 aliphatic heterocycles. The standard InChI is InChI=1S/C29H33N3O3S/c1-22-13-19-27(20-14-22)36(33,34)32-29(24-15-17-26(35-2)18-16-24)31(25-11-7-4-8-12-25)21-28(30-32)23-9-5-3-6-10-23/h3,5-6,9-10,13-20,25,29H,4,7-8,11-12,21H2,1-2H3. The van der Waals surface area contributed by atoms with Crippen LogP contribution >= 0.6 is 0 Å². The summed E-state index contributed by atoms with van der Waals surface area (Å²) in [4.78, 5) is 2.59. The number of nitrogens with zero attached hydrogens (tertiary/aromatic N) is 3. The average molecular weight is 504 g/mol. The van der Waals surface area contributed by atoms with Crippen molar-refractivity contribution >= 4 is 15.7 Å². The summed E-state index contributed by atoms with van der Waals surface area (Å²) in [6.07, 6.45) is 5.08. The molecule has 6 nitrogen and oxygen atoms in total. The third-order valence-corrected chi connectivity index (χ3v) is 8.85. The van der Waals surface area contributed by atoms with Crippen molar-refractivity contribution in [1.29, 1.82) is 0 Å². The lowest BCUT2D eigenvalue weighted by Crippen LogP contribution is -2.53. The Bertz CT molecular complexity index is 1300. The van der Waals surface area contributed by atoms with Gasteiger partial charge in [-0.15, -0.1) is 0 Å². The van der Waals surface area contributed by atoms with E-state index in [0.29, 0.717) is 6.54 Å². The van der Waals surface area contributed by atoms with Crippen LogP contribution in [-0.2, 0) is 10.0 Å². The molecule has 7 heteroatoms. The van der Waals surface area contributed by atoms with Crippen molar-refractivity contribution in [3.05, 3.63) is 95.6 Å². The molecule has 36 heavy (non-hydrogen) atoms. The number of sulfonamides is 1. The zero-order valence-corrected chi connectivity index (χ0v) is 21.7. The summed E-state index contributed by atoms with van der Waals surface area (Å²) < 4.78 is 35.1. The van der Waals surface area contributed by atoms with E-state index in [1.165, 1.54) is 10.8 Å². The molecule has 5 rings (SSSR count).